The Labute approximate surface area is 191 Å². The van der Waals surface area contributed by atoms with Gasteiger partial charge in [0.05, 0.1) is 38.7 Å². The van der Waals surface area contributed by atoms with Crippen LogP contribution in [0.1, 0.15) is 58.0 Å². The molecule has 2 aromatic carbocycles. The molecule has 0 N–H and O–H groups in total. The van der Waals surface area contributed by atoms with Gasteiger partial charge in [0.25, 0.3) is 0 Å². The van der Waals surface area contributed by atoms with Crippen LogP contribution in [0.2, 0.25) is 0 Å². The van der Waals surface area contributed by atoms with E-state index in [0.29, 0.717) is 51.7 Å². The smallest absolute Gasteiger partial charge is 0.339 e. The third-order valence-electron chi connectivity index (χ3n) is 6.65. The van der Waals surface area contributed by atoms with Crippen LogP contribution in [0.25, 0.3) is 11.0 Å². The number of hydrogen-bond acceptors (Lipinski definition) is 7. The molecule has 0 fully saturated rings. The summed E-state index contributed by atoms with van der Waals surface area (Å²) in [6.07, 6.45) is 2.93. The van der Waals surface area contributed by atoms with Crippen LogP contribution in [0.3, 0.4) is 0 Å². The Morgan fingerprint density at radius 1 is 0.879 bits per heavy atom. The molecule has 7 nitrogen and oxygen atoms in total. The number of hydrogen-bond donors (Lipinski definition) is 0. The molecule has 1 atom stereocenters. The van der Waals surface area contributed by atoms with Crippen molar-refractivity contribution in [2.75, 3.05) is 21.3 Å². The Kier molecular flexibility index (Phi) is 5.27. The van der Waals surface area contributed by atoms with Crippen molar-refractivity contribution in [3.8, 4) is 23.0 Å². The van der Waals surface area contributed by atoms with Gasteiger partial charge in [-0.3, -0.25) is 4.79 Å². The molecule has 1 aliphatic heterocycles. The van der Waals surface area contributed by atoms with Crippen molar-refractivity contribution in [1.29, 1.82) is 0 Å². The molecular weight excluding hydrogens is 424 g/mol. The first kappa shape index (κ1) is 21.4. The molecule has 0 unspecified atom stereocenters. The molecule has 0 amide bonds. The van der Waals surface area contributed by atoms with E-state index in [2.05, 4.69) is 0 Å². The average Bonchev–Trinajstić information content (AvgIpc) is 2.82. The molecule has 2 aliphatic rings. The first-order valence-electron chi connectivity index (χ1n) is 11.1. The van der Waals surface area contributed by atoms with Crippen molar-refractivity contribution in [3.63, 3.8) is 0 Å². The van der Waals surface area contributed by atoms with Crippen LogP contribution in [0.5, 0.6) is 23.0 Å². The van der Waals surface area contributed by atoms with Crippen LogP contribution in [0.4, 0.5) is 0 Å². The Hall–Kier alpha value is -3.48. The molecule has 0 radical (unpaired) electrons. The van der Waals surface area contributed by atoms with Crippen LogP contribution in [-0.2, 0) is 12.8 Å². The summed E-state index contributed by atoms with van der Waals surface area (Å²) in [5.41, 5.74) is 3.79. The molecule has 33 heavy (non-hydrogen) atoms. The lowest BCUT2D eigenvalue weighted by Gasteiger charge is -2.30. The molecule has 7 heteroatoms. The molecule has 0 spiro atoms. The van der Waals surface area contributed by atoms with Crippen LogP contribution in [-0.4, -0.2) is 27.1 Å². The zero-order chi connectivity index (χ0) is 23.3. The molecule has 0 saturated heterocycles. The zero-order valence-electron chi connectivity index (χ0n) is 19.2. The number of fused-ring (bicyclic) bond motifs is 5. The second-order valence-electron chi connectivity index (χ2n) is 8.51. The van der Waals surface area contributed by atoms with Gasteiger partial charge in [0, 0.05) is 17.2 Å². The maximum Gasteiger partial charge on any atom is 0.339 e. The van der Waals surface area contributed by atoms with Crippen molar-refractivity contribution >= 4 is 16.8 Å². The molecule has 1 aliphatic carbocycles. The molecule has 1 aromatic heterocycles. The van der Waals surface area contributed by atoms with Crippen LogP contribution < -0.4 is 24.6 Å². The number of methoxy groups -OCH3 is 3. The van der Waals surface area contributed by atoms with E-state index in [-0.39, 0.29) is 17.8 Å². The topological polar surface area (TPSA) is 84.2 Å². The van der Waals surface area contributed by atoms with E-state index < -0.39 is 6.10 Å². The Morgan fingerprint density at radius 2 is 1.55 bits per heavy atom. The number of carbonyl (C=O) groups is 1. The highest BCUT2D eigenvalue weighted by Crippen LogP contribution is 2.47. The van der Waals surface area contributed by atoms with Gasteiger partial charge in [0.15, 0.2) is 17.3 Å². The van der Waals surface area contributed by atoms with E-state index in [1.54, 1.807) is 39.5 Å². The molecule has 5 rings (SSSR count). The van der Waals surface area contributed by atoms with Crippen LogP contribution in [0, 0.1) is 6.92 Å². The lowest BCUT2D eigenvalue weighted by molar-refractivity contribution is 0.0848. The van der Waals surface area contributed by atoms with E-state index >= 15 is 0 Å². The van der Waals surface area contributed by atoms with Crippen molar-refractivity contribution in [2.24, 2.45) is 0 Å². The number of carbonyl (C=O) groups excluding carboxylic acids is 1. The third-order valence-corrected chi connectivity index (χ3v) is 6.65. The largest absolute Gasteiger partial charge is 0.496 e. The average molecular weight is 450 g/mol. The minimum absolute atomic E-state index is 0.0201. The summed E-state index contributed by atoms with van der Waals surface area (Å²) in [6.45, 7) is 1.84. The fourth-order valence-corrected chi connectivity index (χ4v) is 5.09. The summed E-state index contributed by atoms with van der Waals surface area (Å²) >= 11 is 0. The number of rotatable bonds is 4. The highest BCUT2D eigenvalue weighted by atomic mass is 16.5. The highest BCUT2D eigenvalue weighted by molar-refractivity contribution is 6.07. The number of ketones is 1. The first-order chi connectivity index (χ1) is 16.0. The van der Waals surface area contributed by atoms with E-state index in [0.717, 1.165) is 35.8 Å². The van der Waals surface area contributed by atoms with Crippen molar-refractivity contribution in [1.82, 2.24) is 0 Å². The summed E-state index contributed by atoms with van der Waals surface area (Å²) in [5.74, 6) is 2.06. The van der Waals surface area contributed by atoms with Gasteiger partial charge in [-0.2, -0.15) is 0 Å². The van der Waals surface area contributed by atoms with E-state index in [1.807, 2.05) is 6.92 Å². The lowest BCUT2D eigenvalue weighted by atomic mass is 9.86. The second-order valence-corrected chi connectivity index (χ2v) is 8.51. The fraction of sp³-hybridized carbons (Fsp3) is 0.385. The summed E-state index contributed by atoms with van der Waals surface area (Å²) < 4.78 is 28.7. The van der Waals surface area contributed by atoms with E-state index in [9.17, 15) is 9.59 Å². The van der Waals surface area contributed by atoms with E-state index in [4.69, 9.17) is 23.4 Å². The predicted octanol–water partition coefficient (Wildman–Crippen LogP) is 4.71. The SMILES string of the molecule is COc1cc(OC)c([C@@H]2CC(=O)c3c(C)cc4oc(=O)c5c(c4c3O2)CCCC5)cc1OC. The monoisotopic (exact) mass is 450 g/mol. The number of ether oxygens (including phenoxy) is 4. The van der Waals surface area contributed by atoms with Gasteiger partial charge in [-0.05, 0) is 55.9 Å². The lowest BCUT2D eigenvalue weighted by Crippen LogP contribution is -2.24. The van der Waals surface area contributed by atoms with E-state index in [1.165, 1.54) is 0 Å². The van der Waals surface area contributed by atoms with Gasteiger partial charge >= 0.3 is 5.63 Å². The summed E-state index contributed by atoms with van der Waals surface area (Å²) in [6, 6.07) is 5.30. The van der Waals surface area contributed by atoms with Crippen molar-refractivity contribution < 1.29 is 28.2 Å². The second kappa shape index (κ2) is 8.14. The van der Waals surface area contributed by atoms with Gasteiger partial charge in [-0.25, -0.2) is 4.79 Å². The predicted molar refractivity (Wildman–Crippen MR) is 122 cm³/mol. The van der Waals surface area contributed by atoms with Crippen molar-refractivity contribution in [2.45, 2.75) is 45.1 Å². The summed E-state index contributed by atoms with van der Waals surface area (Å²) in [7, 11) is 4.68. The molecule has 2 heterocycles. The highest BCUT2D eigenvalue weighted by Gasteiger charge is 2.35. The maximum atomic E-state index is 13.4. The van der Waals surface area contributed by atoms with Crippen LogP contribution >= 0.6 is 0 Å². The van der Waals surface area contributed by atoms with Crippen molar-refractivity contribution in [3.05, 3.63) is 56.4 Å². The zero-order valence-corrected chi connectivity index (χ0v) is 19.2. The summed E-state index contributed by atoms with van der Waals surface area (Å²) in [4.78, 5) is 26.0. The number of Topliss-reactive ketones (excluding diaryl/α,β-unsaturated/α-hetero) is 1. The molecule has 172 valence electrons. The Balaban J connectivity index is 1.73. The Bertz CT molecular complexity index is 1340. The van der Waals surface area contributed by atoms with Gasteiger partial charge in [-0.15, -0.1) is 0 Å². The minimum atomic E-state index is -0.587. The van der Waals surface area contributed by atoms with Crippen LogP contribution in [0.15, 0.2) is 27.4 Å². The van der Waals surface area contributed by atoms with Gasteiger partial charge < -0.3 is 23.4 Å². The first-order valence-corrected chi connectivity index (χ1v) is 11.1. The minimum Gasteiger partial charge on any atom is -0.496 e. The normalized spacial score (nSPS) is 17.2. The molecular formula is C26H26O7. The summed E-state index contributed by atoms with van der Waals surface area (Å²) in [5, 5.41) is 0.738. The third kappa shape index (κ3) is 3.34. The number of aryl methyl sites for hydroxylation is 2. The van der Waals surface area contributed by atoms with Gasteiger partial charge in [0.2, 0.25) is 0 Å². The van der Waals surface area contributed by atoms with Gasteiger partial charge in [-0.1, -0.05) is 0 Å². The quantitative estimate of drug-likeness (QED) is 0.532. The molecule has 0 saturated carbocycles. The standard InChI is InChI=1S/C26H26O7/c1-13-9-22-24(14-7-5-6-8-15(14)26(28)33-22)25-23(13)17(27)11-19(32-25)16-10-20(30-3)21(31-4)12-18(16)29-2/h9-10,12,19H,5-8,11H2,1-4H3/t19-/m0/s1. The molecule has 0 bridgehead atoms. The molecule has 3 aromatic rings. The Morgan fingerprint density at radius 3 is 2.24 bits per heavy atom. The number of benzene rings is 2. The maximum absolute atomic E-state index is 13.4. The van der Waals surface area contributed by atoms with Gasteiger partial charge in [0.1, 0.15) is 23.2 Å². The fourth-order valence-electron chi connectivity index (χ4n) is 5.09.